The van der Waals surface area contributed by atoms with Gasteiger partial charge in [0.2, 0.25) is 0 Å². The molecule has 0 bridgehead atoms. The van der Waals surface area contributed by atoms with Crippen LogP contribution in [0.15, 0.2) is 36.5 Å². The van der Waals surface area contributed by atoms with Crippen LogP contribution in [0.1, 0.15) is 10.4 Å². The number of hydrogen-bond donors (Lipinski definition) is 1. The molecule has 0 spiro atoms. The molecule has 3 rings (SSSR count). The predicted molar refractivity (Wildman–Crippen MR) is 73.7 cm³/mol. The SMILES string of the molecule is O=C(Nc1cccc2n[se]nc12)c1ccnc(Cl)c1. The van der Waals surface area contributed by atoms with Crippen molar-refractivity contribution in [3.05, 3.63) is 47.2 Å². The molecule has 0 aliphatic rings. The van der Waals surface area contributed by atoms with Crippen LogP contribution in [0.25, 0.3) is 11.0 Å². The molecule has 0 atom stereocenters. The number of hydrogen-bond acceptors (Lipinski definition) is 4. The summed E-state index contributed by atoms with van der Waals surface area (Å²) in [4.78, 5) is 15.9. The van der Waals surface area contributed by atoms with Crippen LogP contribution in [0.3, 0.4) is 0 Å². The molecule has 7 heteroatoms. The van der Waals surface area contributed by atoms with Crippen LogP contribution < -0.4 is 5.32 Å². The summed E-state index contributed by atoms with van der Waals surface area (Å²) in [5, 5.41) is 3.10. The number of amides is 1. The van der Waals surface area contributed by atoms with E-state index in [1.54, 1.807) is 12.1 Å². The van der Waals surface area contributed by atoms with E-state index in [-0.39, 0.29) is 26.0 Å². The predicted octanol–water partition coefficient (Wildman–Crippen LogP) is 1.99. The Morgan fingerprint density at radius 1 is 1.26 bits per heavy atom. The van der Waals surface area contributed by atoms with Gasteiger partial charge in [0.25, 0.3) is 0 Å². The van der Waals surface area contributed by atoms with Gasteiger partial charge < -0.3 is 0 Å². The third-order valence-corrected chi connectivity index (χ3v) is 3.87. The number of anilines is 1. The number of nitrogens with zero attached hydrogens (tertiary/aromatic N) is 3. The van der Waals surface area contributed by atoms with Crippen molar-refractivity contribution in [2.24, 2.45) is 0 Å². The standard InChI is InChI=1S/C12H7ClN4OSe/c13-10-6-7(4-5-14-10)12(18)15-8-2-1-3-9-11(8)17-19-16-9/h1-6H,(H,15,18). The normalized spacial score (nSPS) is 10.6. The summed E-state index contributed by atoms with van der Waals surface area (Å²) in [7, 11) is 0. The van der Waals surface area contributed by atoms with E-state index in [9.17, 15) is 4.79 Å². The first-order chi connectivity index (χ1) is 9.24. The monoisotopic (exact) mass is 338 g/mol. The van der Waals surface area contributed by atoms with E-state index >= 15 is 0 Å². The van der Waals surface area contributed by atoms with Crippen molar-refractivity contribution in [1.29, 1.82) is 0 Å². The van der Waals surface area contributed by atoms with Gasteiger partial charge in [-0.05, 0) is 0 Å². The summed E-state index contributed by atoms with van der Waals surface area (Å²) in [6.07, 6.45) is 1.50. The number of aromatic nitrogens is 3. The first-order valence-corrected chi connectivity index (χ1v) is 7.29. The van der Waals surface area contributed by atoms with Crippen molar-refractivity contribution in [2.75, 3.05) is 5.32 Å². The van der Waals surface area contributed by atoms with Crippen LogP contribution >= 0.6 is 11.6 Å². The third kappa shape index (κ3) is 2.51. The van der Waals surface area contributed by atoms with E-state index in [1.807, 2.05) is 12.1 Å². The van der Waals surface area contributed by atoms with Crippen LogP contribution in [-0.4, -0.2) is 33.8 Å². The average Bonchev–Trinajstić information content (AvgIpc) is 2.88. The zero-order valence-corrected chi connectivity index (χ0v) is 12.0. The van der Waals surface area contributed by atoms with Crippen LogP contribution in [0.4, 0.5) is 5.69 Å². The number of rotatable bonds is 2. The second kappa shape index (κ2) is 5.09. The second-order valence-electron chi connectivity index (χ2n) is 3.76. The molecule has 0 radical (unpaired) electrons. The minimum atomic E-state index is -0.243. The third-order valence-electron chi connectivity index (χ3n) is 2.52. The molecule has 0 saturated carbocycles. The van der Waals surface area contributed by atoms with Crippen LogP contribution in [0.2, 0.25) is 5.15 Å². The number of carbonyl (C=O) groups excluding carboxylic acids is 1. The Morgan fingerprint density at radius 2 is 2.16 bits per heavy atom. The average molecular weight is 338 g/mol. The van der Waals surface area contributed by atoms with Crippen molar-refractivity contribution < 1.29 is 4.79 Å². The molecule has 2 heterocycles. The van der Waals surface area contributed by atoms with Gasteiger partial charge >= 0.3 is 119 Å². The van der Waals surface area contributed by atoms with Crippen molar-refractivity contribution >= 4 is 49.2 Å². The van der Waals surface area contributed by atoms with E-state index < -0.39 is 0 Å². The van der Waals surface area contributed by atoms with Gasteiger partial charge in [0.1, 0.15) is 0 Å². The number of benzene rings is 1. The summed E-state index contributed by atoms with van der Waals surface area (Å²) >= 11 is 5.64. The van der Waals surface area contributed by atoms with Crippen LogP contribution in [0.5, 0.6) is 0 Å². The van der Waals surface area contributed by atoms with Gasteiger partial charge in [0, 0.05) is 0 Å². The molecule has 1 aromatic carbocycles. The van der Waals surface area contributed by atoms with Crippen molar-refractivity contribution in [3.63, 3.8) is 0 Å². The Bertz CT molecular complexity index is 758. The van der Waals surface area contributed by atoms with Crippen molar-refractivity contribution in [1.82, 2.24) is 12.9 Å². The zero-order valence-electron chi connectivity index (χ0n) is 9.50. The van der Waals surface area contributed by atoms with E-state index in [0.29, 0.717) is 11.3 Å². The molecule has 0 fully saturated rings. The molecule has 5 nitrogen and oxygen atoms in total. The molecular formula is C12H7ClN4OSe. The number of pyridine rings is 1. The molecule has 94 valence electrons. The summed E-state index contributed by atoms with van der Waals surface area (Å²) in [5.74, 6) is -0.243. The zero-order chi connectivity index (χ0) is 13.2. The second-order valence-corrected chi connectivity index (χ2v) is 5.25. The maximum absolute atomic E-state index is 12.1. The van der Waals surface area contributed by atoms with Crippen molar-refractivity contribution in [3.8, 4) is 0 Å². The molecule has 19 heavy (non-hydrogen) atoms. The number of carbonyl (C=O) groups is 1. The Hall–Kier alpha value is -1.75. The molecule has 3 aromatic rings. The molecule has 1 amide bonds. The van der Waals surface area contributed by atoms with Gasteiger partial charge in [0.05, 0.1) is 0 Å². The quantitative estimate of drug-likeness (QED) is 0.573. The van der Waals surface area contributed by atoms with Gasteiger partial charge in [-0.25, -0.2) is 0 Å². The van der Waals surface area contributed by atoms with Crippen LogP contribution in [0, 0.1) is 0 Å². The Labute approximate surface area is 119 Å². The fourth-order valence-electron chi connectivity index (χ4n) is 1.65. The van der Waals surface area contributed by atoms with Gasteiger partial charge in [0.15, 0.2) is 0 Å². The fraction of sp³-hybridized carbons (Fsp3) is 0. The molecule has 0 aliphatic heterocycles. The summed E-state index contributed by atoms with van der Waals surface area (Å²) in [6.45, 7) is 0. The number of halogens is 1. The van der Waals surface area contributed by atoms with E-state index in [0.717, 1.165) is 11.0 Å². The fourth-order valence-corrected chi connectivity index (χ4v) is 2.97. The number of fused-ring (bicyclic) bond motifs is 1. The molecular weight excluding hydrogens is 331 g/mol. The van der Waals surface area contributed by atoms with Gasteiger partial charge in [-0.15, -0.1) is 0 Å². The summed E-state index contributed by atoms with van der Waals surface area (Å²) in [6, 6.07) is 8.65. The molecule has 0 unspecified atom stereocenters. The topological polar surface area (TPSA) is 67.8 Å². The van der Waals surface area contributed by atoms with E-state index in [4.69, 9.17) is 11.6 Å². The Balaban J connectivity index is 1.93. The van der Waals surface area contributed by atoms with Gasteiger partial charge in [-0.3, -0.25) is 0 Å². The maximum atomic E-state index is 12.1. The number of nitrogens with one attached hydrogen (secondary N) is 1. The Morgan fingerprint density at radius 3 is 3.00 bits per heavy atom. The summed E-state index contributed by atoms with van der Waals surface area (Å²) in [5.41, 5.74) is 2.69. The first-order valence-electron chi connectivity index (χ1n) is 5.38. The van der Waals surface area contributed by atoms with Crippen molar-refractivity contribution in [2.45, 2.75) is 0 Å². The van der Waals surface area contributed by atoms with E-state index in [2.05, 4.69) is 18.3 Å². The molecule has 2 aromatic heterocycles. The summed E-state index contributed by atoms with van der Waals surface area (Å²) < 4.78 is 8.57. The molecule has 1 N–H and O–H groups in total. The van der Waals surface area contributed by atoms with Gasteiger partial charge in [-0.2, -0.15) is 0 Å². The Kier molecular flexibility index (Phi) is 3.29. The van der Waals surface area contributed by atoms with Crippen LogP contribution in [-0.2, 0) is 0 Å². The minimum absolute atomic E-state index is 0.122. The molecule has 0 saturated heterocycles. The first kappa shape index (κ1) is 12.3. The molecule has 0 aliphatic carbocycles. The van der Waals surface area contributed by atoms with Gasteiger partial charge in [-0.1, -0.05) is 0 Å². The van der Waals surface area contributed by atoms with E-state index in [1.165, 1.54) is 12.3 Å².